The van der Waals surface area contributed by atoms with Crippen molar-refractivity contribution >= 4 is 23.4 Å². The normalized spacial score (nSPS) is 17.4. The van der Waals surface area contributed by atoms with Crippen LogP contribution < -0.4 is 10.6 Å². The predicted octanol–water partition coefficient (Wildman–Crippen LogP) is 1.53. The maximum atomic E-state index is 14.1. The number of amides is 2. The molecule has 9 heteroatoms. The van der Waals surface area contributed by atoms with E-state index in [2.05, 4.69) is 15.7 Å². The molecule has 1 aliphatic heterocycles. The number of carbonyl (C=O) groups excluding carboxylic acids is 2. The van der Waals surface area contributed by atoms with Crippen LogP contribution in [0.5, 0.6) is 0 Å². The van der Waals surface area contributed by atoms with Crippen LogP contribution in [0, 0.1) is 12.7 Å². The number of rotatable bonds is 6. The number of nitrogens with one attached hydrogen (secondary N) is 2. The molecule has 2 amide bonds. The molecule has 1 atom stereocenters. The fourth-order valence-electron chi connectivity index (χ4n) is 3.22. The molecular formula is C19H23ClFN5O2. The van der Waals surface area contributed by atoms with Gasteiger partial charge in [-0.05, 0) is 25.1 Å². The van der Waals surface area contributed by atoms with Gasteiger partial charge in [0.15, 0.2) is 0 Å². The molecule has 1 aromatic carbocycles. The first-order valence-electron chi connectivity index (χ1n) is 9.06. The zero-order valence-corrected chi connectivity index (χ0v) is 16.6. The van der Waals surface area contributed by atoms with Crippen LogP contribution in [0.3, 0.4) is 0 Å². The first-order valence-corrected chi connectivity index (χ1v) is 9.44. The van der Waals surface area contributed by atoms with Crippen LogP contribution in [0.4, 0.5) is 4.39 Å². The summed E-state index contributed by atoms with van der Waals surface area (Å²) in [5.74, 6) is -0.940. The first-order chi connectivity index (χ1) is 13.3. The average molecular weight is 408 g/mol. The number of hydrogen-bond acceptors (Lipinski definition) is 4. The number of hydrogen-bond donors (Lipinski definition) is 2. The maximum absolute atomic E-state index is 14.1. The van der Waals surface area contributed by atoms with Gasteiger partial charge in [-0.2, -0.15) is 5.10 Å². The summed E-state index contributed by atoms with van der Waals surface area (Å²) in [5, 5.41) is 10.2. The van der Waals surface area contributed by atoms with Crippen LogP contribution in [0.2, 0.25) is 5.02 Å². The number of benzene rings is 1. The van der Waals surface area contributed by atoms with Gasteiger partial charge in [0.05, 0.1) is 24.7 Å². The van der Waals surface area contributed by atoms with E-state index in [0.29, 0.717) is 23.7 Å². The van der Waals surface area contributed by atoms with E-state index in [0.717, 1.165) is 11.4 Å². The van der Waals surface area contributed by atoms with E-state index in [1.165, 1.54) is 12.1 Å². The lowest BCUT2D eigenvalue weighted by Crippen LogP contribution is -2.56. The Hall–Kier alpha value is -2.45. The molecule has 0 unspecified atom stereocenters. The second-order valence-corrected chi connectivity index (χ2v) is 7.27. The average Bonchev–Trinajstić information content (AvgIpc) is 2.97. The Kier molecular flexibility index (Phi) is 6.31. The number of halogens is 2. The van der Waals surface area contributed by atoms with Crippen LogP contribution in [-0.4, -0.2) is 45.6 Å². The number of carbonyl (C=O) groups is 2. The minimum Gasteiger partial charge on any atom is -0.353 e. The Morgan fingerprint density at radius 1 is 1.46 bits per heavy atom. The summed E-state index contributed by atoms with van der Waals surface area (Å²) < 4.78 is 15.9. The topological polar surface area (TPSA) is 79.3 Å². The van der Waals surface area contributed by atoms with E-state index >= 15 is 0 Å². The summed E-state index contributed by atoms with van der Waals surface area (Å²) >= 11 is 6.12. The Balaban J connectivity index is 1.65. The van der Waals surface area contributed by atoms with Crippen molar-refractivity contribution in [2.24, 2.45) is 7.05 Å². The lowest BCUT2D eigenvalue weighted by atomic mass is 10.1. The highest BCUT2D eigenvalue weighted by Gasteiger charge is 2.32. The number of nitrogens with zero attached hydrogens (tertiary/aromatic N) is 3. The fourth-order valence-corrected chi connectivity index (χ4v) is 3.44. The molecule has 2 N–H and O–H groups in total. The molecule has 0 aliphatic carbocycles. The second-order valence-electron chi connectivity index (χ2n) is 6.86. The van der Waals surface area contributed by atoms with Gasteiger partial charge in [-0.15, -0.1) is 0 Å². The molecule has 150 valence electrons. The predicted molar refractivity (Wildman–Crippen MR) is 103 cm³/mol. The summed E-state index contributed by atoms with van der Waals surface area (Å²) in [6.07, 6.45) is -0.0241. The van der Waals surface area contributed by atoms with Crippen molar-refractivity contribution in [3.05, 3.63) is 52.1 Å². The zero-order valence-electron chi connectivity index (χ0n) is 15.8. The van der Waals surface area contributed by atoms with Crippen LogP contribution >= 0.6 is 11.6 Å². The largest absolute Gasteiger partial charge is 0.353 e. The third-order valence-corrected chi connectivity index (χ3v) is 5.23. The highest BCUT2D eigenvalue weighted by Crippen LogP contribution is 2.23. The molecule has 1 fully saturated rings. The maximum Gasteiger partial charge on any atom is 0.237 e. The lowest BCUT2D eigenvalue weighted by molar-refractivity contribution is -0.134. The van der Waals surface area contributed by atoms with E-state index in [4.69, 9.17) is 11.6 Å². The van der Waals surface area contributed by atoms with Crippen LogP contribution in [0.15, 0.2) is 24.3 Å². The molecule has 0 saturated carbocycles. The molecule has 0 spiro atoms. The van der Waals surface area contributed by atoms with E-state index in [-0.39, 0.29) is 31.3 Å². The Morgan fingerprint density at radius 3 is 2.93 bits per heavy atom. The second kappa shape index (κ2) is 8.70. The van der Waals surface area contributed by atoms with Crippen molar-refractivity contribution in [3.63, 3.8) is 0 Å². The van der Waals surface area contributed by atoms with Gasteiger partial charge in [0, 0.05) is 43.0 Å². The molecule has 3 rings (SSSR count). The molecule has 0 radical (unpaired) electrons. The molecule has 7 nitrogen and oxygen atoms in total. The van der Waals surface area contributed by atoms with Crippen LogP contribution in [0.25, 0.3) is 0 Å². The SMILES string of the molecule is Cc1cc(CNC(=O)C[C@@H]2C(=O)NCCN2Cc2c(F)cccc2Cl)nn1C. The van der Waals surface area contributed by atoms with Crippen molar-refractivity contribution in [3.8, 4) is 0 Å². The fraction of sp³-hybridized carbons (Fsp3) is 0.421. The van der Waals surface area contributed by atoms with Crippen molar-refractivity contribution in [2.45, 2.75) is 32.5 Å². The van der Waals surface area contributed by atoms with Gasteiger partial charge in [-0.25, -0.2) is 4.39 Å². The van der Waals surface area contributed by atoms with E-state index in [1.54, 1.807) is 15.6 Å². The minimum atomic E-state index is -0.685. The third-order valence-electron chi connectivity index (χ3n) is 4.87. The van der Waals surface area contributed by atoms with Gasteiger partial charge in [0.25, 0.3) is 0 Å². The number of piperazine rings is 1. The van der Waals surface area contributed by atoms with Crippen molar-refractivity contribution in [2.75, 3.05) is 13.1 Å². The smallest absolute Gasteiger partial charge is 0.237 e. The molecule has 1 saturated heterocycles. The highest BCUT2D eigenvalue weighted by atomic mass is 35.5. The van der Waals surface area contributed by atoms with Gasteiger partial charge in [-0.1, -0.05) is 17.7 Å². The number of aromatic nitrogens is 2. The summed E-state index contributed by atoms with van der Waals surface area (Å²) in [6, 6.07) is 5.69. The third kappa shape index (κ3) is 4.69. The summed E-state index contributed by atoms with van der Waals surface area (Å²) in [7, 11) is 1.83. The van der Waals surface area contributed by atoms with Crippen molar-refractivity contribution < 1.29 is 14.0 Å². The molecule has 28 heavy (non-hydrogen) atoms. The summed E-state index contributed by atoms with van der Waals surface area (Å²) in [6.45, 7) is 3.32. The Labute approximate surface area is 167 Å². The standard InChI is InChI=1S/C19H23ClFN5O2/c1-12-8-13(24-25(12)2)10-23-18(27)9-17-19(28)22-6-7-26(17)11-14-15(20)4-3-5-16(14)21/h3-5,8,17H,6-7,9-11H2,1-2H3,(H,22,28)(H,23,27)/t17-/m1/s1. The van der Waals surface area contributed by atoms with Gasteiger partial charge in [0.2, 0.25) is 11.8 Å². The quantitative estimate of drug-likeness (QED) is 0.761. The summed E-state index contributed by atoms with van der Waals surface area (Å²) in [5.41, 5.74) is 2.06. The van der Waals surface area contributed by atoms with Crippen LogP contribution in [-0.2, 0) is 29.7 Å². The molecular weight excluding hydrogens is 385 g/mol. The highest BCUT2D eigenvalue weighted by molar-refractivity contribution is 6.31. The Bertz CT molecular complexity index is 845. The number of aryl methyl sites for hydroxylation is 2. The Morgan fingerprint density at radius 2 is 2.25 bits per heavy atom. The van der Waals surface area contributed by atoms with Gasteiger partial charge in [-0.3, -0.25) is 19.2 Å². The first kappa shape index (κ1) is 20.3. The molecule has 2 aromatic rings. The van der Waals surface area contributed by atoms with Crippen molar-refractivity contribution in [1.29, 1.82) is 0 Å². The summed E-state index contributed by atoms with van der Waals surface area (Å²) in [4.78, 5) is 26.5. The van der Waals surface area contributed by atoms with E-state index in [9.17, 15) is 14.0 Å². The minimum absolute atomic E-state index is 0.0241. The zero-order chi connectivity index (χ0) is 20.3. The van der Waals surface area contributed by atoms with Gasteiger partial charge in [0.1, 0.15) is 5.82 Å². The van der Waals surface area contributed by atoms with E-state index in [1.807, 2.05) is 20.0 Å². The monoisotopic (exact) mass is 407 g/mol. The lowest BCUT2D eigenvalue weighted by Gasteiger charge is -2.34. The van der Waals surface area contributed by atoms with E-state index < -0.39 is 11.9 Å². The molecule has 1 aliphatic rings. The van der Waals surface area contributed by atoms with Gasteiger partial charge >= 0.3 is 0 Å². The molecule has 1 aromatic heterocycles. The van der Waals surface area contributed by atoms with Crippen LogP contribution in [0.1, 0.15) is 23.4 Å². The van der Waals surface area contributed by atoms with Crippen molar-refractivity contribution in [1.82, 2.24) is 25.3 Å². The molecule has 0 bridgehead atoms. The molecule has 2 heterocycles. The van der Waals surface area contributed by atoms with Gasteiger partial charge < -0.3 is 10.6 Å².